The van der Waals surface area contributed by atoms with Crippen molar-refractivity contribution in [3.05, 3.63) is 34.3 Å². The van der Waals surface area contributed by atoms with Gasteiger partial charge in [-0.2, -0.15) is 0 Å². The van der Waals surface area contributed by atoms with Crippen LogP contribution < -0.4 is 0 Å². The lowest BCUT2D eigenvalue weighted by molar-refractivity contribution is -0.143. The van der Waals surface area contributed by atoms with Crippen molar-refractivity contribution in [1.29, 1.82) is 0 Å². The molecule has 1 saturated carbocycles. The minimum atomic E-state index is -0.659. The highest BCUT2D eigenvalue weighted by Crippen LogP contribution is 2.49. The molecule has 1 aliphatic rings. The van der Waals surface area contributed by atoms with Crippen LogP contribution in [0.1, 0.15) is 18.4 Å². The summed E-state index contributed by atoms with van der Waals surface area (Å²) in [5, 5.41) is 9.04. The van der Waals surface area contributed by atoms with Crippen molar-refractivity contribution in [3.8, 4) is 0 Å². The average molecular weight is 255 g/mol. The topological polar surface area (TPSA) is 37.3 Å². The van der Waals surface area contributed by atoms with E-state index in [1.807, 2.05) is 24.3 Å². The Balaban J connectivity index is 2.19. The number of benzene rings is 1. The van der Waals surface area contributed by atoms with Gasteiger partial charge in [-0.1, -0.05) is 34.1 Å². The van der Waals surface area contributed by atoms with Crippen molar-refractivity contribution < 1.29 is 9.90 Å². The molecule has 3 heteroatoms. The first kappa shape index (κ1) is 9.71. The van der Waals surface area contributed by atoms with E-state index in [1.54, 1.807) is 0 Å². The van der Waals surface area contributed by atoms with Crippen molar-refractivity contribution in [1.82, 2.24) is 0 Å². The molecule has 0 spiro atoms. The molecule has 0 aromatic heterocycles. The van der Waals surface area contributed by atoms with Crippen LogP contribution in [0.25, 0.3) is 0 Å². The van der Waals surface area contributed by atoms with Crippen LogP contribution in [0.4, 0.5) is 0 Å². The third kappa shape index (κ3) is 1.69. The second-order valence-corrected chi connectivity index (χ2v) is 4.71. The fraction of sp³-hybridized carbons (Fsp3) is 0.364. The van der Waals surface area contributed by atoms with Gasteiger partial charge in [0.25, 0.3) is 0 Å². The number of halogens is 1. The number of aliphatic carboxylic acids is 1. The third-order valence-electron chi connectivity index (χ3n) is 2.79. The Kier molecular flexibility index (Phi) is 2.35. The zero-order valence-corrected chi connectivity index (χ0v) is 9.25. The molecule has 0 amide bonds. The quantitative estimate of drug-likeness (QED) is 0.901. The molecule has 0 unspecified atom stereocenters. The van der Waals surface area contributed by atoms with Crippen molar-refractivity contribution in [2.75, 3.05) is 0 Å². The van der Waals surface area contributed by atoms with Gasteiger partial charge in [0.05, 0.1) is 5.41 Å². The van der Waals surface area contributed by atoms with E-state index in [1.165, 1.54) is 0 Å². The van der Waals surface area contributed by atoms with E-state index >= 15 is 0 Å². The lowest BCUT2D eigenvalue weighted by Crippen LogP contribution is -2.17. The molecule has 0 atom stereocenters. The monoisotopic (exact) mass is 254 g/mol. The summed E-state index contributed by atoms with van der Waals surface area (Å²) in [6.07, 6.45) is 2.26. The van der Waals surface area contributed by atoms with Crippen LogP contribution in [0.3, 0.4) is 0 Å². The largest absolute Gasteiger partial charge is 0.481 e. The summed E-state index contributed by atoms with van der Waals surface area (Å²) < 4.78 is 1.01. The number of hydrogen-bond acceptors (Lipinski definition) is 1. The Morgan fingerprint density at radius 1 is 1.43 bits per heavy atom. The molecule has 14 heavy (non-hydrogen) atoms. The highest BCUT2D eigenvalue weighted by Gasteiger charge is 2.50. The number of carbonyl (C=O) groups is 1. The van der Waals surface area contributed by atoms with Gasteiger partial charge >= 0.3 is 5.97 Å². The van der Waals surface area contributed by atoms with E-state index in [0.717, 1.165) is 22.9 Å². The molecule has 0 bridgehead atoms. The van der Waals surface area contributed by atoms with E-state index < -0.39 is 11.4 Å². The molecule has 1 aromatic carbocycles. The molecule has 1 aliphatic carbocycles. The number of carboxylic acids is 1. The molecule has 0 heterocycles. The zero-order chi connectivity index (χ0) is 10.2. The molecule has 74 valence electrons. The van der Waals surface area contributed by atoms with E-state index in [4.69, 9.17) is 5.11 Å². The van der Waals surface area contributed by atoms with Crippen molar-refractivity contribution in [2.45, 2.75) is 19.3 Å². The fourth-order valence-corrected chi connectivity index (χ4v) is 2.05. The molecule has 0 aliphatic heterocycles. The van der Waals surface area contributed by atoms with Gasteiger partial charge in [-0.3, -0.25) is 4.79 Å². The normalized spacial score (nSPS) is 17.8. The van der Waals surface area contributed by atoms with E-state index in [9.17, 15) is 4.79 Å². The lowest BCUT2D eigenvalue weighted by Gasteiger charge is -2.10. The minimum absolute atomic E-state index is 0.468. The Labute approximate surface area is 91.1 Å². The summed E-state index contributed by atoms with van der Waals surface area (Å²) in [5.74, 6) is -0.659. The molecular weight excluding hydrogens is 244 g/mol. The minimum Gasteiger partial charge on any atom is -0.481 e. The van der Waals surface area contributed by atoms with Crippen LogP contribution in [0.5, 0.6) is 0 Å². The zero-order valence-electron chi connectivity index (χ0n) is 7.66. The average Bonchev–Trinajstić information content (AvgIpc) is 2.90. The summed E-state index contributed by atoms with van der Waals surface area (Å²) in [5.41, 5.74) is 0.622. The van der Waals surface area contributed by atoms with E-state index in [2.05, 4.69) is 15.9 Å². The van der Waals surface area contributed by atoms with Crippen LogP contribution in [-0.2, 0) is 11.2 Å². The van der Waals surface area contributed by atoms with Gasteiger partial charge in [-0.05, 0) is 30.9 Å². The van der Waals surface area contributed by atoms with Gasteiger partial charge in [0, 0.05) is 4.47 Å². The summed E-state index contributed by atoms with van der Waals surface area (Å²) in [7, 11) is 0. The maximum atomic E-state index is 11.0. The Morgan fingerprint density at radius 2 is 2.07 bits per heavy atom. The van der Waals surface area contributed by atoms with Gasteiger partial charge in [0.1, 0.15) is 0 Å². The smallest absolute Gasteiger partial charge is 0.309 e. The number of rotatable bonds is 3. The van der Waals surface area contributed by atoms with Crippen LogP contribution in [0.2, 0.25) is 0 Å². The predicted octanol–water partition coefficient (Wildman–Crippen LogP) is 2.86. The number of hydrogen-bond donors (Lipinski definition) is 1. The van der Waals surface area contributed by atoms with E-state index in [-0.39, 0.29) is 0 Å². The van der Waals surface area contributed by atoms with Crippen molar-refractivity contribution in [3.63, 3.8) is 0 Å². The molecule has 0 saturated heterocycles. The van der Waals surface area contributed by atoms with Gasteiger partial charge < -0.3 is 5.11 Å². The number of carboxylic acid groups (broad SMARTS) is 1. The van der Waals surface area contributed by atoms with Crippen molar-refractivity contribution in [2.24, 2.45) is 5.41 Å². The first-order valence-corrected chi connectivity index (χ1v) is 5.40. The summed E-state index contributed by atoms with van der Waals surface area (Å²) in [4.78, 5) is 11.0. The maximum absolute atomic E-state index is 11.0. The van der Waals surface area contributed by atoms with Gasteiger partial charge in [0.15, 0.2) is 0 Å². The molecule has 2 rings (SSSR count). The van der Waals surface area contributed by atoms with Crippen molar-refractivity contribution >= 4 is 21.9 Å². The first-order valence-electron chi connectivity index (χ1n) is 4.61. The summed E-state index contributed by atoms with van der Waals surface area (Å²) in [6, 6.07) is 7.81. The van der Waals surface area contributed by atoms with Crippen LogP contribution in [0, 0.1) is 5.41 Å². The Hall–Kier alpha value is -0.830. The molecular formula is C11H11BrO2. The Morgan fingerprint density at radius 3 is 2.57 bits per heavy atom. The fourth-order valence-electron chi connectivity index (χ4n) is 1.62. The third-order valence-corrected chi connectivity index (χ3v) is 3.57. The highest BCUT2D eigenvalue weighted by molar-refractivity contribution is 9.10. The second-order valence-electron chi connectivity index (χ2n) is 3.85. The summed E-state index contributed by atoms with van der Waals surface area (Å²) >= 11 is 3.43. The maximum Gasteiger partial charge on any atom is 0.309 e. The van der Waals surface area contributed by atoms with Crippen LogP contribution in [-0.4, -0.2) is 11.1 Å². The molecule has 1 N–H and O–H groups in total. The SMILES string of the molecule is O=C(O)C1(Cc2ccccc2Br)CC1. The lowest BCUT2D eigenvalue weighted by atomic mass is 9.97. The van der Waals surface area contributed by atoms with Gasteiger partial charge in [-0.25, -0.2) is 0 Å². The van der Waals surface area contributed by atoms with Crippen LogP contribution in [0.15, 0.2) is 28.7 Å². The molecule has 1 fully saturated rings. The molecule has 2 nitrogen and oxygen atoms in total. The molecule has 0 radical (unpaired) electrons. The molecule has 1 aromatic rings. The summed E-state index contributed by atoms with van der Waals surface area (Å²) in [6.45, 7) is 0. The highest BCUT2D eigenvalue weighted by atomic mass is 79.9. The van der Waals surface area contributed by atoms with Gasteiger partial charge in [0.2, 0.25) is 0 Å². The Bertz CT molecular complexity index is 369. The second kappa shape index (κ2) is 3.39. The first-order chi connectivity index (χ1) is 6.64. The van der Waals surface area contributed by atoms with Gasteiger partial charge in [-0.15, -0.1) is 0 Å². The predicted molar refractivity (Wildman–Crippen MR) is 57.1 cm³/mol. The standard InChI is InChI=1S/C11H11BrO2/c12-9-4-2-1-3-8(9)7-11(5-6-11)10(13)14/h1-4H,5-7H2,(H,13,14). The van der Waals surface area contributed by atoms with E-state index in [0.29, 0.717) is 6.42 Å². The van der Waals surface area contributed by atoms with Crippen LogP contribution >= 0.6 is 15.9 Å².